The van der Waals surface area contributed by atoms with Crippen LogP contribution in [0.4, 0.5) is 10.1 Å². The van der Waals surface area contributed by atoms with Gasteiger partial charge in [-0.3, -0.25) is 9.59 Å². The van der Waals surface area contributed by atoms with Crippen molar-refractivity contribution in [2.75, 3.05) is 44.2 Å². The highest BCUT2D eigenvalue weighted by Crippen LogP contribution is 2.20. The number of carbonyl (C=O) groups excluding carboxylic acids is 2. The number of nitrogens with one attached hydrogen (secondary N) is 1. The van der Waals surface area contributed by atoms with Crippen molar-refractivity contribution < 1.29 is 18.7 Å². The van der Waals surface area contributed by atoms with Crippen molar-refractivity contribution in [2.24, 2.45) is 0 Å². The summed E-state index contributed by atoms with van der Waals surface area (Å²) in [7, 11) is 0. The molecule has 130 valence electrons. The molecule has 6 nitrogen and oxygen atoms in total. The first-order valence-electron chi connectivity index (χ1n) is 8.33. The molecule has 2 aliphatic rings. The van der Waals surface area contributed by atoms with Gasteiger partial charge in [-0.2, -0.15) is 0 Å². The summed E-state index contributed by atoms with van der Waals surface area (Å²) in [6.45, 7) is 2.91. The maximum atomic E-state index is 13.8. The molecule has 0 spiro atoms. The van der Waals surface area contributed by atoms with E-state index < -0.39 is 11.8 Å². The lowest BCUT2D eigenvalue weighted by Gasteiger charge is -2.35. The fourth-order valence-corrected chi connectivity index (χ4v) is 3.09. The number of hydrogen-bond donors (Lipinski definition) is 1. The Bertz CT molecular complexity index is 596. The second kappa shape index (κ2) is 7.61. The van der Waals surface area contributed by atoms with Gasteiger partial charge in [-0.05, 0) is 25.0 Å². The van der Waals surface area contributed by atoms with Gasteiger partial charge >= 0.3 is 11.8 Å². The van der Waals surface area contributed by atoms with Crippen molar-refractivity contribution in [3.05, 3.63) is 30.1 Å². The molecule has 1 aromatic rings. The molecule has 1 N–H and O–H groups in total. The molecule has 0 radical (unpaired) electrons. The summed E-state index contributed by atoms with van der Waals surface area (Å²) in [4.78, 5) is 27.6. The predicted molar refractivity (Wildman–Crippen MR) is 87.2 cm³/mol. The minimum absolute atomic E-state index is 0.0136. The van der Waals surface area contributed by atoms with Crippen LogP contribution < -0.4 is 10.2 Å². The smallest absolute Gasteiger partial charge is 0.312 e. The number of piperazine rings is 1. The van der Waals surface area contributed by atoms with Crippen LogP contribution >= 0.6 is 0 Å². The van der Waals surface area contributed by atoms with Gasteiger partial charge < -0.3 is 19.9 Å². The number of rotatable bonds is 3. The van der Waals surface area contributed by atoms with E-state index in [1.165, 1.54) is 11.0 Å². The monoisotopic (exact) mass is 335 g/mol. The number of amides is 2. The summed E-state index contributed by atoms with van der Waals surface area (Å²) >= 11 is 0. The van der Waals surface area contributed by atoms with Crippen LogP contribution in [0, 0.1) is 5.82 Å². The molecule has 2 amide bonds. The zero-order valence-electron chi connectivity index (χ0n) is 13.5. The first-order chi connectivity index (χ1) is 11.6. The van der Waals surface area contributed by atoms with Crippen molar-refractivity contribution in [3.63, 3.8) is 0 Å². The standard InChI is InChI=1S/C17H22FN3O3/c18-14-5-1-2-6-15(14)20-7-9-21(10-8-20)17(23)16(22)19-12-13-4-3-11-24-13/h1-2,5-6,13H,3-4,7-12H2,(H,19,22). The molecule has 0 aromatic heterocycles. The maximum Gasteiger partial charge on any atom is 0.312 e. The van der Waals surface area contributed by atoms with E-state index in [2.05, 4.69) is 5.32 Å². The Morgan fingerprint density at radius 3 is 2.62 bits per heavy atom. The van der Waals surface area contributed by atoms with Gasteiger partial charge in [0.1, 0.15) is 5.82 Å². The van der Waals surface area contributed by atoms with Crippen molar-refractivity contribution in [3.8, 4) is 0 Å². The highest BCUT2D eigenvalue weighted by molar-refractivity contribution is 6.35. The highest BCUT2D eigenvalue weighted by Gasteiger charge is 2.27. The van der Waals surface area contributed by atoms with Crippen molar-refractivity contribution in [1.29, 1.82) is 0 Å². The maximum absolute atomic E-state index is 13.8. The second-order valence-corrected chi connectivity index (χ2v) is 6.08. The van der Waals surface area contributed by atoms with Gasteiger partial charge in [0.05, 0.1) is 11.8 Å². The number of ether oxygens (including phenoxy) is 1. The molecular formula is C17H22FN3O3. The molecule has 0 bridgehead atoms. The van der Waals surface area contributed by atoms with Gasteiger partial charge in [0.15, 0.2) is 0 Å². The van der Waals surface area contributed by atoms with Crippen LogP contribution in [0.25, 0.3) is 0 Å². The number of nitrogens with zero attached hydrogens (tertiary/aromatic N) is 2. The lowest BCUT2D eigenvalue weighted by molar-refractivity contribution is -0.146. The molecule has 0 aliphatic carbocycles. The number of para-hydroxylation sites is 1. The average Bonchev–Trinajstić information content (AvgIpc) is 3.13. The van der Waals surface area contributed by atoms with Crippen LogP contribution in [0.5, 0.6) is 0 Å². The number of halogens is 1. The molecule has 0 saturated carbocycles. The SMILES string of the molecule is O=C(NCC1CCCO1)C(=O)N1CCN(c2ccccc2F)CC1. The van der Waals surface area contributed by atoms with E-state index in [1.54, 1.807) is 18.2 Å². The molecule has 2 heterocycles. The highest BCUT2D eigenvalue weighted by atomic mass is 19.1. The van der Waals surface area contributed by atoms with Crippen molar-refractivity contribution >= 4 is 17.5 Å². The third kappa shape index (κ3) is 3.84. The Labute approximate surface area is 140 Å². The van der Waals surface area contributed by atoms with Crippen LogP contribution in [0.1, 0.15) is 12.8 Å². The van der Waals surface area contributed by atoms with Crippen LogP contribution in [0.2, 0.25) is 0 Å². The van der Waals surface area contributed by atoms with Crippen LogP contribution in [0.3, 0.4) is 0 Å². The molecular weight excluding hydrogens is 313 g/mol. The fraction of sp³-hybridized carbons (Fsp3) is 0.529. The number of anilines is 1. The summed E-state index contributed by atoms with van der Waals surface area (Å²) in [5.41, 5.74) is 0.535. The molecule has 1 aromatic carbocycles. The van der Waals surface area contributed by atoms with Gasteiger partial charge in [0.2, 0.25) is 0 Å². The van der Waals surface area contributed by atoms with E-state index in [0.29, 0.717) is 45.0 Å². The van der Waals surface area contributed by atoms with E-state index in [0.717, 1.165) is 12.8 Å². The summed E-state index contributed by atoms with van der Waals surface area (Å²) in [6, 6.07) is 6.58. The van der Waals surface area contributed by atoms with Gasteiger partial charge in [-0.1, -0.05) is 12.1 Å². The predicted octanol–water partition coefficient (Wildman–Crippen LogP) is 0.770. The van der Waals surface area contributed by atoms with Gasteiger partial charge in [0, 0.05) is 39.3 Å². The Morgan fingerprint density at radius 1 is 1.21 bits per heavy atom. The largest absolute Gasteiger partial charge is 0.376 e. The molecule has 7 heteroatoms. The number of carbonyl (C=O) groups is 2. The Kier molecular flexibility index (Phi) is 5.30. The quantitative estimate of drug-likeness (QED) is 0.829. The molecule has 2 fully saturated rings. The topological polar surface area (TPSA) is 61.9 Å². The zero-order valence-corrected chi connectivity index (χ0v) is 13.5. The number of hydrogen-bond acceptors (Lipinski definition) is 4. The summed E-state index contributed by atoms with van der Waals surface area (Å²) < 4.78 is 19.2. The van der Waals surface area contributed by atoms with E-state index >= 15 is 0 Å². The van der Waals surface area contributed by atoms with E-state index in [9.17, 15) is 14.0 Å². The van der Waals surface area contributed by atoms with E-state index in [1.807, 2.05) is 4.90 Å². The second-order valence-electron chi connectivity index (χ2n) is 6.08. The number of benzene rings is 1. The van der Waals surface area contributed by atoms with Crippen LogP contribution in [0.15, 0.2) is 24.3 Å². The minimum atomic E-state index is -0.593. The molecule has 1 unspecified atom stereocenters. The zero-order chi connectivity index (χ0) is 16.9. The van der Waals surface area contributed by atoms with Crippen molar-refractivity contribution in [2.45, 2.75) is 18.9 Å². The van der Waals surface area contributed by atoms with Crippen LogP contribution in [-0.4, -0.2) is 62.1 Å². The van der Waals surface area contributed by atoms with E-state index in [4.69, 9.17) is 4.74 Å². The molecule has 3 rings (SSSR count). The lowest BCUT2D eigenvalue weighted by atomic mass is 10.2. The Hall–Kier alpha value is -2.15. The first-order valence-corrected chi connectivity index (χ1v) is 8.33. The summed E-state index contributed by atoms with van der Waals surface area (Å²) in [5, 5.41) is 2.64. The molecule has 24 heavy (non-hydrogen) atoms. The minimum Gasteiger partial charge on any atom is -0.376 e. The fourth-order valence-electron chi connectivity index (χ4n) is 3.09. The molecule has 2 aliphatic heterocycles. The molecule has 2 saturated heterocycles. The van der Waals surface area contributed by atoms with E-state index in [-0.39, 0.29) is 11.9 Å². The summed E-state index contributed by atoms with van der Waals surface area (Å²) in [6.07, 6.45) is 1.92. The first kappa shape index (κ1) is 16.7. The third-order valence-electron chi connectivity index (χ3n) is 4.47. The van der Waals surface area contributed by atoms with Crippen LogP contribution in [-0.2, 0) is 14.3 Å². The van der Waals surface area contributed by atoms with Crippen molar-refractivity contribution in [1.82, 2.24) is 10.2 Å². The Balaban J connectivity index is 1.47. The van der Waals surface area contributed by atoms with Gasteiger partial charge in [0.25, 0.3) is 0 Å². The lowest BCUT2D eigenvalue weighted by Crippen LogP contribution is -2.53. The van der Waals surface area contributed by atoms with Gasteiger partial charge in [-0.15, -0.1) is 0 Å². The van der Waals surface area contributed by atoms with Gasteiger partial charge in [-0.25, -0.2) is 4.39 Å². The summed E-state index contributed by atoms with van der Waals surface area (Å²) in [5.74, 6) is -1.39. The third-order valence-corrected chi connectivity index (χ3v) is 4.47. The normalized spacial score (nSPS) is 21.0. The Morgan fingerprint density at radius 2 is 1.96 bits per heavy atom. The molecule has 1 atom stereocenters. The average molecular weight is 335 g/mol.